The van der Waals surface area contributed by atoms with E-state index in [4.69, 9.17) is 0 Å². The summed E-state index contributed by atoms with van der Waals surface area (Å²) in [5, 5.41) is 11.8. The van der Waals surface area contributed by atoms with E-state index >= 15 is 0 Å². The number of nitrogens with one attached hydrogen (secondary N) is 3. The Morgan fingerprint density at radius 3 is 3.18 bits per heavy atom. The molecule has 2 aromatic rings. The van der Waals surface area contributed by atoms with Gasteiger partial charge in [-0.25, -0.2) is 4.98 Å². The van der Waals surface area contributed by atoms with Gasteiger partial charge in [0.25, 0.3) is 0 Å². The zero-order chi connectivity index (χ0) is 15.0. The van der Waals surface area contributed by atoms with Gasteiger partial charge in [0.15, 0.2) is 4.96 Å². The fourth-order valence-corrected chi connectivity index (χ4v) is 4.32. The van der Waals surface area contributed by atoms with Gasteiger partial charge in [-0.2, -0.15) is 0 Å². The number of imidazole rings is 1. The monoisotopic (exact) mass is 319 g/mol. The number of carbonyl (C=O) groups excluding carboxylic acids is 1. The van der Waals surface area contributed by atoms with Crippen LogP contribution in [0.15, 0.2) is 17.8 Å². The van der Waals surface area contributed by atoms with Gasteiger partial charge < -0.3 is 16.0 Å². The largest absolute Gasteiger partial charge is 0.349 e. The zero-order valence-electron chi connectivity index (χ0n) is 12.5. The molecule has 4 heterocycles. The molecule has 2 aliphatic heterocycles. The van der Waals surface area contributed by atoms with E-state index in [2.05, 4.69) is 20.9 Å². The second-order valence-corrected chi connectivity index (χ2v) is 7.30. The van der Waals surface area contributed by atoms with Crippen LogP contribution in [-0.2, 0) is 11.3 Å². The Labute approximate surface area is 133 Å². The molecule has 3 N–H and O–H groups in total. The minimum atomic E-state index is -0.0539. The van der Waals surface area contributed by atoms with Gasteiger partial charge in [-0.15, -0.1) is 11.3 Å². The lowest BCUT2D eigenvalue weighted by Gasteiger charge is -2.33. The Hall–Kier alpha value is -1.44. The van der Waals surface area contributed by atoms with E-state index in [-0.39, 0.29) is 11.9 Å². The van der Waals surface area contributed by atoms with Crippen molar-refractivity contribution in [3.8, 4) is 0 Å². The maximum atomic E-state index is 12.4. The minimum absolute atomic E-state index is 0.0539. The number of piperidine rings is 1. The molecule has 2 fully saturated rings. The Kier molecular flexibility index (Phi) is 3.63. The maximum Gasteiger partial charge on any atom is 0.237 e. The molecule has 1 spiro atoms. The number of amides is 1. The van der Waals surface area contributed by atoms with Crippen molar-refractivity contribution in [1.29, 1.82) is 0 Å². The van der Waals surface area contributed by atoms with Crippen LogP contribution in [-0.4, -0.2) is 41.0 Å². The van der Waals surface area contributed by atoms with Crippen LogP contribution in [0.3, 0.4) is 0 Å². The molecule has 0 aliphatic carbocycles. The number of thiazole rings is 1. The number of nitrogens with zero attached hydrogens (tertiary/aromatic N) is 2. The molecule has 1 amide bonds. The Morgan fingerprint density at radius 2 is 2.36 bits per heavy atom. The molecule has 0 saturated carbocycles. The van der Waals surface area contributed by atoms with Crippen molar-refractivity contribution < 1.29 is 4.79 Å². The fraction of sp³-hybridized carbons (Fsp3) is 0.600. The molecule has 0 radical (unpaired) electrons. The van der Waals surface area contributed by atoms with Crippen molar-refractivity contribution in [2.45, 2.75) is 31.8 Å². The van der Waals surface area contributed by atoms with E-state index in [0.717, 1.165) is 36.7 Å². The molecule has 0 unspecified atom stereocenters. The van der Waals surface area contributed by atoms with Gasteiger partial charge in [-0.05, 0) is 37.8 Å². The molecular formula is C15H21N5OS. The number of carbonyl (C=O) groups is 1. The molecule has 2 saturated heterocycles. The van der Waals surface area contributed by atoms with Gasteiger partial charge >= 0.3 is 0 Å². The average molecular weight is 319 g/mol. The first-order valence-electron chi connectivity index (χ1n) is 7.87. The van der Waals surface area contributed by atoms with Crippen LogP contribution in [0.1, 0.15) is 25.0 Å². The van der Waals surface area contributed by atoms with Crippen LogP contribution in [0, 0.1) is 5.41 Å². The fourth-order valence-electron chi connectivity index (χ4n) is 3.60. The second-order valence-electron chi connectivity index (χ2n) is 6.43. The van der Waals surface area contributed by atoms with Crippen molar-refractivity contribution in [3.05, 3.63) is 23.5 Å². The van der Waals surface area contributed by atoms with E-state index in [0.29, 0.717) is 12.0 Å². The van der Waals surface area contributed by atoms with E-state index in [1.165, 1.54) is 12.8 Å². The number of hydrogen-bond donors (Lipinski definition) is 3. The third kappa shape index (κ3) is 2.64. The number of rotatable bonds is 3. The van der Waals surface area contributed by atoms with E-state index in [1.54, 1.807) is 11.3 Å². The molecule has 118 valence electrons. The third-order valence-corrected chi connectivity index (χ3v) is 5.70. The molecule has 4 rings (SSSR count). The highest BCUT2D eigenvalue weighted by Gasteiger charge is 2.41. The van der Waals surface area contributed by atoms with Gasteiger partial charge in [-0.1, -0.05) is 0 Å². The van der Waals surface area contributed by atoms with Gasteiger partial charge in [0.2, 0.25) is 5.91 Å². The summed E-state index contributed by atoms with van der Waals surface area (Å²) in [7, 11) is 0. The topological polar surface area (TPSA) is 70.5 Å². The average Bonchev–Trinajstić information content (AvgIpc) is 3.20. The van der Waals surface area contributed by atoms with Crippen molar-refractivity contribution in [2.24, 2.45) is 5.41 Å². The SMILES string of the molecule is O=C(NCc1cn2ccsc2n1)[C@H]1CC2(CCNCC2)CN1. The summed E-state index contributed by atoms with van der Waals surface area (Å²) in [5.74, 6) is 0.103. The quantitative estimate of drug-likeness (QED) is 0.780. The molecule has 2 aliphatic rings. The summed E-state index contributed by atoms with van der Waals surface area (Å²) >= 11 is 1.60. The summed E-state index contributed by atoms with van der Waals surface area (Å²) in [6.45, 7) is 3.61. The summed E-state index contributed by atoms with van der Waals surface area (Å²) in [5.41, 5.74) is 1.24. The predicted octanol–water partition coefficient (Wildman–Crippen LogP) is 0.744. The van der Waals surface area contributed by atoms with Gasteiger partial charge in [0.1, 0.15) is 0 Å². The van der Waals surface area contributed by atoms with E-state index in [9.17, 15) is 4.79 Å². The van der Waals surface area contributed by atoms with Crippen molar-refractivity contribution >= 4 is 22.2 Å². The Bertz CT molecular complexity index is 644. The highest BCUT2D eigenvalue weighted by molar-refractivity contribution is 7.15. The Morgan fingerprint density at radius 1 is 1.50 bits per heavy atom. The van der Waals surface area contributed by atoms with Crippen molar-refractivity contribution in [1.82, 2.24) is 25.3 Å². The molecule has 22 heavy (non-hydrogen) atoms. The molecule has 2 aromatic heterocycles. The lowest BCUT2D eigenvalue weighted by atomic mass is 9.77. The van der Waals surface area contributed by atoms with E-state index in [1.807, 2.05) is 22.2 Å². The first-order valence-corrected chi connectivity index (χ1v) is 8.75. The number of fused-ring (bicyclic) bond motifs is 1. The molecule has 6 nitrogen and oxygen atoms in total. The molecular weight excluding hydrogens is 298 g/mol. The smallest absolute Gasteiger partial charge is 0.237 e. The summed E-state index contributed by atoms with van der Waals surface area (Å²) < 4.78 is 1.99. The lowest BCUT2D eigenvalue weighted by molar-refractivity contribution is -0.123. The van der Waals surface area contributed by atoms with Gasteiger partial charge in [-0.3, -0.25) is 9.20 Å². The molecule has 7 heteroatoms. The van der Waals surface area contributed by atoms with Crippen LogP contribution < -0.4 is 16.0 Å². The lowest BCUT2D eigenvalue weighted by Crippen LogP contribution is -2.40. The summed E-state index contributed by atoms with van der Waals surface area (Å²) in [6.07, 6.45) is 7.25. The van der Waals surface area contributed by atoms with Crippen LogP contribution in [0.25, 0.3) is 4.96 Å². The van der Waals surface area contributed by atoms with Crippen LogP contribution in [0.5, 0.6) is 0 Å². The van der Waals surface area contributed by atoms with Crippen molar-refractivity contribution in [3.63, 3.8) is 0 Å². The van der Waals surface area contributed by atoms with Crippen LogP contribution in [0.2, 0.25) is 0 Å². The van der Waals surface area contributed by atoms with Crippen LogP contribution >= 0.6 is 11.3 Å². The van der Waals surface area contributed by atoms with E-state index < -0.39 is 0 Å². The zero-order valence-corrected chi connectivity index (χ0v) is 13.3. The summed E-state index contributed by atoms with van der Waals surface area (Å²) in [4.78, 5) is 17.8. The molecule has 1 atom stereocenters. The highest BCUT2D eigenvalue weighted by atomic mass is 32.1. The van der Waals surface area contributed by atoms with Crippen LogP contribution in [0.4, 0.5) is 0 Å². The Balaban J connectivity index is 1.33. The standard InChI is InChI=1S/C15H21N5OS/c21-13(12-7-15(10-18-12)1-3-16-4-2-15)17-8-11-9-20-5-6-22-14(20)19-11/h5-6,9,12,16,18H,1-4,7-8,10H2,(H,17,21)/t12-/m1/s1. The highest BCUT2D eigenvalue weighted by Crippen LogP contribution is 2.37. The normalized spacial score (nSPS) is 24.1. The second kappa shape index (κ2) is 5.64. The van der Waals surface area contributed by atoms with Gasteiger partial charge in [0.05, 0.1) is 18.3 Å². The first-order chi connectivity index (χ1) is 10.7. The minimum Gasteiger partial charge on any atom is -0.349 e. The number of aromatic nitrogens is 2. The third-order valence-electron chi connectivity index (χ3n) is 4.93. The summed E-state index contributed by atoms with van der Waals surface area (Å²) in [6, 6.07) is -0.0539. The van der Waals surface area contributed by atoms with Gasteiger partial charge in [0, 0.05) is 24.3 Å². The predicted molar refractivity (Wildman–Crippen MR) is 85.9 cm³/mol. The number of hydrogen-bond acceptors (Lipinski definition) is 5. The molecule has 0 bridgehead atoms. The van der Waals surface area contributed by atoms with Crippen molar-refractivity contribution in [2.75, 3.05) is 19.6 Å². The first kappa shape index (κ1) is 14.2. The molecule has 0 aromatic carbocycles. The maximum absolute atomic E-state index is 12.4.